The number of hydrogen-bond acceptors (Lipinski definition) is 1. The summed E-state index contributed by atoms with van der Waals surface area (Å²) >= 11 is 0. The van der Waals surface area contributed by atoms with Gasteiger partial charge >= 0.3 is 0 Å². The highest BCUT2D eigenvalue weighted by atomic mass is 16.5. The van der Waals surface area contributed by atoms with Crippen LogP contribution in [0.1, 0.15) is 39.5 Å². The molecule has 0 atom stereocenters. The van der Waals surface area contributed by atoms with Gasteiger partial charge in [-0.05, 0) is 0 Å². The molecule has 0 fully saturated rings. The Balaban J connectivity index is 0. The highest BCUT2D eigenvalue weighted by Gasteiger charge is 1.75. The van der Waals surface area contributed by atoms with Gasteiger partial charge in [-0.3, -0.25) is 0 Å². The van der Waals surface area contributed by atoms with Crippen LogP contribution in [-0.2, 0) is 4.74 Å². The molecule has 0 bridgehead atoms. The average Bonchev–Trinajstić information content (AvgIpc) is 2.04. The van der Waals surface area contributed by atoms with Crippen LogP contribution in [-0.4, -0.2) is 0 Å². The van der Waals surface area contributed by atoms with E-state index in [9.17, 15) is 0 Å². The summed E-state index contributed by atoms with van der Waals surface area (Å²) in [7, 11) is 0. The van der Waals surface area contributed by atoms with Gasteiger partial charge in [-0.25, -0.2) is 0 Å². The Kier molecular flexibility index (Phi) is 18.9. The maximum Gasteiger partial charge on any atom is 0.0829 e. The zero-order valence-electron chi connectivity index (χ0n) is 7.81. The number of unbranched alkanes of at least 4 members (excludes halogenated alkanes) is 3. The fourth-order valence-corrected chi connectivity index (χ4v) is 0.568. The van der Waals surface area contributed by atoms with Crippen LogP contribution in [0.2, 0.25) is 0 Å². The molecule has 0 heterocycles. The van der Waals surface area contributed by atoms with Gasteiger partial charge in [0, 0.05) is 0 Å². The van der Waals surface area contributed by atoms with Crippen molar-refractivity contribution in [1.82, 2.24) is 0 Å². The zero-order chi connectivity index (χ0) is 8.95. The summed E-state index contributed by atoms with van der Waals surface area (Å²) in [5, 5.41) is 0. The normalized spacial score (nSPS) is 7.45. The second kappa shape index (κ2) is 16.1. The van der Waals surface area contributed by atoms with Gasteiger partial charge in [-0.15, -0.1) is 0 Å². The minimum Gasteiger partial charge on any atom is -0.474 e. The van der Waals surface area contributed by atoms with Gasteiger partial charge in [0.2, 0.25) is 0 Å². The Morgan fingerprint density at radius 2 is 1.36 bits per heavy atom. The maximum atomic E-state index is 4.36. The number of rotatable bonds is 5. The first-order valence-electron chi connectivity index (χ1n) is 4.20. The standard InChI is InChI=1S/C6H14.C4H6O/c1-3-5-6-4-2;1-3-5-4-2/h3-6H2,1-2H3;3-4H,1-2H2. The molecule has 0 aromatic carbocycles. The first-order chi connectivity index (χ1) is 5.33. The molecule has 0 rings (SSSR count). The van der Waals surface area contributed by atoms with Gasteiger partial charge in [0.1, 0.15) is 0 Å². The van der Waals surface area contributed by atoms with Crippen molar-refractivity contribution in [3.63, 3.8) is 0 Å². The average molecular weight is 156 g/mol. The van der Waals surface area contributed by atoms with Gasteiger partial charge in [-0.2, -0.15) is 0 Å². The molecule has 0 aromatic heterocycles. The molecule has 0 saturated heterocycles. The molecule has 0 aromatic rings. The number of hydrogen-bond donors (Lipinski definition) is 0. The van der Waals surface area contributed by atoms with Crippen molar-refractivity contribution in [1.29, 1.82) is 0 Å². The lowest BCUT2D eigenvalue weighted by atomic mass is 10.2. The third kappa shape index (κ3) is 26.8. The molecule has 0 spiro atoms. The molecule has 0 unspecified atom stereocenters. The van der Waals surface area contributed by atoms with Crippen LogP contribution in [0, 0.1) is 0 Å². The molecular formula is C10H20O. The van der Waals surface area contributed by atoms with Crippen LogP contribution in [0.3, 0.4) is 0 Å². The van der Waals surface area contributed by atoms with Crippen LogP contribution >= 0.6 is 0 Å². The molecule has 0 radical (unpaired) electrons. The largest absolute Gasteiger partial charge is 0.474 e. The molecule has 0 aliphatic heterocycles. The fourth-order valence-electron chi connectivity index (χ4n) is 0.568. The molecule has 0 saturated carbocycles. The minimum atomic E-state index is 1.31. The monoisotopic (exact) mass is 156 g/mol. The second-order valence-corrected chi connectivity index (χ2v) is 2.18. The van der Waals surface area contributed by atoms with Crippen molar-refractivity contribution >= 4 is 0 Å². The van der Waals surface area contributed by atoms with E-state index >= 15 is 0 Å². The van der Waals surface area contributed by atoms with Crippen molar-refractivity contribution in [2.45, 2.75) is 39.5 Å². The molecule has 11 heavy (non-hydrogen) atoms. The first-order valence-corrected chi connectivity index (χ1v) is 4.20. The Hall–Kier alpha value is -0.720. The highest BCUT2D eigenvalue weighted by molar-refractivity contribution is 4.57. The third-order valence-electron chi connectivity index (χ3n) is 1.15. The van der Waals surface area contributed by atoms with E-state index < -0.39 is 0 Å². The van der Waals surface area contributed by atoms with Gasteiger partial charge in [-0.1, -0.05) is 52.7 Å². The van der Waals surface area contributed by atoms with Crippen molar-refractivity contribution in [3.05, 3.63) is 25.7 Å². The van der Waals surface area contributed by atoms with Gasteiger partial charge in [0.25, 0.3) is 0 Å². The second-order valence-electron chi connectivity index (χ2n) is 2.18. The lowest BCUT2D eigenvalue weighted by Gasteiger charge is -1.86. The van der Waals surface area contributed by atoms with E-state index in [1.165, 1.54) is 38.2 Å². The Labute approximate surface area is 70.8 Å². The molecule has 0 aliphatic carbocycles. The molecule has 1 heteroatoms. The summed E-state index contributed by atoms with van der Waals surface area (Å²) in [6.45, 7) is 11.0. The minimum absolute atomic E-state index is 1.31. The van der Waals surface area contributed by atoms with E-state index in [0.717, 1.165) is 0 Å². The predicted molar refractivity (Wildman–Crippen MR) is 51.3 cm³/mol. The Morgan fingerprint density at radius 1 is 1.00 bits per heavy atom. The lowest BCUT2D eigenvalue weighted by Crippen LogP contribution is -1.66. The van der Waals surface area contributed by atoms with Crippen LogP contribution in [0.5, 0.6) is 0 Å². The molecule has 0 N–H and O–H groups in total. The Bertz CT molecular complexity index is 66.9. The lowest BCUT2D eigenvalue weighted by molar-refractivity contribution is 0.406. The topological polar surface area (TPSA) is 9.23 Å². The van der Waals surface area contributed by atoms with E-state index in [-0.39, 0.29) is 0 Å². The van der Waals surface area contributed by atoms with E-state index in [1.54, 1.807) is 0 Å². The van der Waals surface area contributed by atoms with Crippen LogP contribution < -0.4 is 0 Å². The molecule has 1 nitrogen and oxygen atoms in total. The number of ether oxygens (including phenoxy) is 1. The summed E-state index contributed by atoms with van der Waals surface area (Å²) in [6.07, 6.45) is 8.16. The summed E-state index contributed by atoms with van der Waals surface area (Å²) in [5.41, 5.74) is 0. The van der Waals surface area contributed by atoms with Gasteiger partial charge in [0.05, 0.1) is 12.5 Å². The van der Waals surface area contributed by atoms with Crippen molar-refractivity contribution in [2.24, 2.45) is 0 Å². The summed E-state index contributed by atoms with van der Waals surface area (Å²) in [5.74, 6) is 0. The molecule has 0 amide bonds. The van der Waals surface area contributed by atoms with Crippen LogP contribution in [0.25, 0.3) is 0 Å². The molecule has 0 aliphatic rings. The quantitative estimate of drug-likeness (QED) is 0.433. The van der Waals surface area contributed by atoms with E-state index in [0.29, 0.717) is 0 Å². The van der Waals surface area contributed by atoms with E-state index in [2.05, 4.69) is 31.7 Å². The SMILES string of the molecule is C=COC=C.CCCCCC. The molecule has 66 valence electrons. The smallest absolute Gasteiger partial charge is 0.0829 e. The molecular weight excluding hydrogens is 136 g/mol. The van der Waals surface area contributed by atoms with Crippen LogP contribution in [0.15, 0.2) is 25.7 Å². The van der Waals surface area contributed by atoms with Crippen molar-refractivity contribution in [2.75, 3.05) is 0 Å². The van der Waals surface area contributed by atoms with Gasteiger partial charge < -0.3 is 4.74 Å². The van der Waals surface area contributed by atoms with Crippen LogP contribution in [0.4, 0.5) is 0 Å². The van der Waals surface area contributed by atoms with E-state index in [1.807, 2.05) is 0 Å². The van der Waals surface area contributed by atoms with Crippen molar-refractivity contribution in [3.8, 4) is 0 Å². The van der Waals surface area contributed by atoms with Gasteiger partial charge in [0.15, 0.2) is 0 Å². The summed E-state index contributed by atoms with van der Waals surface area (Å²) in [6, 6.07) is 0. The summed E-state index contributed by atoms with van der Waals surface area (Å²) < 4.78 is 4.36. The maximum absolute atomic E-state index is 4.36. The third-order valence-corrected chi connectivity index (χ3v) is 1.15. The van der Waals surface area contributed by atoms with E-state index in [4.69, 9.17) is 0 Å². The van der Waals surface area contributed by atoms with Crippen molar-refractivity contribution < 1.29 is 4.74 Å². The first kappa shape index (κ1) is 12.9. The highest BCUT2D eigenvalue weighted by Crippen LogP contribution is 1.95. The summed E-state index contributed by atoms with van der Waals surface area (Å²) in [4.78, 5) is 0. The fraction of sp³-hybridized carbons (Fsp3) is 0.600. The zero-order valence-corrected chi connectivity index (χ0v) is 7.81. The Morgan fingerprint density at radius 3 is 1.45 bits per heavy atom. The predicted octanol–water partition coefficient (Wildman–Crippen LogP) is 3.88.